The summed E-state index contributed by atoms with van der Waals surface area (Å²) in [5.41, 5.74) is 1.05. The molecule has 2 rings (SSSR count). The Kier molecular flexibility index (Phi) is 20.9. The number of rotatable bonds is 15. The van der Waals surface area contributed by atoms with Crippen LogP contribution in [0, 0.1) is 6.92 Å². The highest BCUT2D eigenvalue weighted by Gasteiger charge is 2.19. The van der Waals surface area contributed by atoms with E-state index in [2.05, 4.69) is 17.2 Å². The first-order chi connectivity index (χ1) is 21.4. The molecular weight excluding hydrogens is 710 g/mol. The Morgan fingerprint density at radius 3 is 2.04 bits per heavy atom. The second-order valence-electron chi connectivity index (χ2n) is 9.43. The molecule has 4 N–H and O–H groups in total. The fraction of sp³-hybridized carbons (Fsp3) is 0.414. The van der Waals surface area contributed by atoms with E-state index in [1.165, 1.54) is 20.0 Å². The van der Waals surface area contributed by atoms with Gasteiger partial charge in [-0.1, -0.05) is 91.5 Å². The van der Waals surface area contributed by atoms with Crippen molar-refractivity contribution >= 4 is 85.7 Å². The first-order valence-corrected chi connectivity index (χ1v) is 17.0. The predicted octanol–water partition coefficient (Wildman–Crippen LogP) is 7.21. The molecule has 1 amide bonds. The number of carbonyl (C=O) groups is 4. The summed E-state index contributed by atoms with van der Waals surface area (Å²) in [5, 5.41) is 27.3. The summed E-state index contributed by atoms with van der Waals surface area (Å²) in [6, 6.07) is 5.32. The molecule has 0 saturated heterocycles. The third-order valence-corrected chi connectivity index (χ3v) is 9.03. The Balaban J connectivity index is 0.000000666. The number of aliphatic carboxylic acids is 2. The van der Waals surface area contributed by atoms with Crippen LogP contribution in [0.15, 0.2) is 30.4 Å². The molecule has 0 saturated carbocycles. The van der Waals surface area contributed by atoms with Crippen LogP contribution in [0.3, 0.4) is 0 Å². The van der Waals surface area contributed by atoms with Gasteiger partial charge in [0.1, 0.15) is 10.9 Å². The van der Waals surface area contributed by atoms with E-state index in [1.54, 1.807) is 12.1 Å². The maximum absolute atomic E-state index is 11.4. The fourth-order valence-corrected chi connectivity index (χ4v) is 5.46. The second-order valence-corrected chi connectivity index (χ2v) is 13.2. The lowest BCUT2D eigenvalue weighted by Crippen LogP contribution is -2.14. The van der Waals surface area contributed by atoms with Gasteiger partial charge in [0.2, 0.25) is 5.91 Å². The van der Waals surface area contributed by atoms with Gasteiger partial charge in [0.25, 0.3) is 0 Å². The number of hydrogen-bond donors (Lipinski definition) is 4. The topological polar surface area (TPSA) is 197 Å². The van der Waals surface area contributed by atoms with E-state index >= 15 is 0 Å². The van der Waals surface area contributed by atoms with Crippen LogP contribution in [0.4, 0.5) is 5.69 Å². The molecule has 17 heteroatoms. The zero-order valence-electron chi connectivity index (χ0n) is 25.3. The van der Waals surface area contributed by atoms with E-state index in [4.69, 9.17) is 66.5 Å². The number of benzene rings is 1. The number of nitrogens with zero attached hydrogens (tertiary/aromatic N) is 1. The lowest BCUT2D eigenvalue weighted by atomic mass is 10.1. The minimum absolute atomic E-state index is 0.0571. The van der Waals surface area contributed by atoms with Gasteiger partial charge in [-0.3, -0.25) is 9.59 Å². The summed E-state index contributed by atoms with van der Waals surface area (Å²) in [7, 11) is -1.66. The highest BCUT2D eigenvalue weighted by molar-refractivity contribution is 7.91. The van der Waals surface area contributed by atoms with Gasteiger partial charge in [0.15, 0.2) is 15.5 Å². The number of ether oxygens (including phenoxy) is 1. The van der Waals surface area contributed by atoms with Gasteiger partial charge in [-0.25, -0.2) is 23.0 Å². The van der Waals surface area contributed by atoms with Crippen LogP contribution in [0.1, 0.15) is 67.9 Å². The molecule has 1 aromatic heterocycles. The third kappa shape index (κ3) is 18.1. The van der Waals surface area contributed by atoms with Crippen molar-refractivity contribution in [3.63, 3.8) is 0 Å². The fourth-order valence-electron chi connectivity index (χ4n) is 3.32. The van der Waals surface area contributed by atoms with Crippen molar-refractivity contribution in [2.45, 2.75) is 58.8 Å². The van der Waals surface area contributed by atoms with Crippen LogP contribution >= 0.6 is 46.4 Å². The van der Waals surface area contributed by atoms with Crippen LogP contribution in [0.5, 0.6) is 5.75 Å². The number of aromatic carboxylic acids is 1. The van der Waals surface area contributed by atoms with E-state index < -0.39 is 39.3 Å². The number of carboxylic acid groups (broad SMARTS) is 3. The maximum Gasteiger partial charge on any atom is 0.356 e. The predicted molar refractivity (Wildman–Crippen MR) is 179 cm³/mol. The summed E-state index contributed by atoms with van der Waals surface area (Å²) < 4.78 is 27.8. The van der Waals surface area contributed by atoms with E-state index in [-0.39, 0.29) is 38.1 Å². The molecule has 46 heavy (non-hydrogen) atoms. The molecule has 12 nitrogen and oxygen atoms in total. The van der Waals surface area contributed by atoms with Crippen LogP contribution in [-0.2, 0) is 24.2 Å². The van der Waals surface area contributed by atoms with Crippen molar-refractivity contribution in [1.29, 1.82) is 0 Å². The van der Waals surface area contributed by atoms with Crippen molar-refractivity contribution < 1.29 is 47.7 Å². The van der Waals surface area contributed by atoms with Crippen LogP contribution in [0.25, 0.3) is 0 Å². The highest BCUT2D eigenvalue weighted by Crippen LogP contribution is 2.36. The number of amides is 1. The zero-order chi connectivity index (χ0) is 35.4. The molecule has 2 aromatic rings. The van der Waals surface area contributed by atoms with Crippen LogP contribution in [0.2, 0.25) is 20.2 Å². The molecule has 0 radical (unpaired) electrons. The average molecular weight is 746 g/mol. The number of aryl methyl sites for hydroxylation is 1. The molecule has 0 aliphatic rings. The molecule has 0 bridgehead atoms. The number of aromatic nitrogens is 1. The Morgan fingerprint density at radius 1 is 0.891 bits per heavy atom. The summed E-state index contributed by atoms with van der Waals surface area (Å²) >= 11 is 22.2. The SMILES string of the molecule is CCCCCCCCS(=O)(=O)CCC(=O)O.COc1ccc(C)cc1NC(=O)/C=C\C(=O)O.O=C(O)c1nc(Cl)c(Cl)c(Cl)c1Cl. The normalized spacial score (nSPS) is 10.7. The molecule has 0 spiro atoms. The number of methoxy groups -OCH3 is 1. The lowest BCUT2D eigenvalue weighted by Gasteiger charge is -2.09. The highest BCUT2D eigenvalue weighted by atomic mass is 35.5. The molecular formula is C29H36Cl4N2O10S. The quantitative estimate of drug-likeness (QED) is 0.0816. The first-order valence-electron chi connectivity index (χ1n) is 13.7. The number of sulfone groups is 1. The third-order valence-electron chi connectivity index (χ3n) is 5.61. The van der Waals surface area contributed by atoms with Gasteiger partial charge in [0.05, 0.1) is 45.8 Å². The monoisotopic (exact) mass is 744 g/mol. The Bertz CT molecular complexity index is 1480. The van der Waals surface area contributed by atoms with E-state index in [1.807, 2.05) is 13.0 Å². The van der Waals surface area contributed by atoms with Gasteiger partial charge in [-0.05, 0) is 31.0 Å². The number of nitrogens with one attached hydrogen (secondary N) is 1. The number of carboxylic acids is 3. The second kappa shape index (κ2) is 22.4. The molecule has 0 aliphatic carbocycles. The van der Waals surface area contributed by atoms with E-state index in [9.17, 15) is 27.6 Å². The Morgan fingerprint density at radius 2 is 1.50 bits per heavy atom. The van der Waals surface area contributed by atoms with Gasteiger partial charge >= 0.3 is 17.9 Å². The van der Waals surface area contributed by atoms with Crippen molar-refractivity contribution in [2.75, 3.05) is 23.9 Å². The molecule has 1 aromatic carbocycles. The summed E-state index contributed by atoms with van der Waals surface area (Å²) in [5.74, 6) is -3.62. The zero-order valence-corrected chi connectivity index (χ0v) is 29.2. The molecule has 0 atom stereocenters. The van der Waals surface area contributed by atoms with Crippen LogP contribution in [-0.4, -0.2) is 71.2 Å². The van der Waals surface area contributed by atoms with Crippen LogP contribution < -0.4 is 10.1 Å². The summed E-state index contributed by atoms with van der Waals surface area (Å²) in [6.45, 7) is 4.01. The van der Waals surface area contributed by atoms with Gasteiger partial charge in [-0.15, -0.1) is 0 Å². The Labute approximate surface area is 287 Å². The van der Waals surface area contributed by atoms with Gasteiger partial charge in [0, 0.05) is 12.2 Å². The van der Waals surface area contributed by atoms with Gasteiger partial charge < -0.3 is 25.4 Å². The molecule has 1 heterocycles. The number of pyridine rings is 1. The van der Waals surface area contributed by atoms with Crippen molar-refractivity contribution in [2.24, 2.45) is 0 Å². The minimum atomic E-state index is -3.15. The van der Waals surface area contributed by atoms with E-state index in [0.717, 1.165) is 37.0 Å². The molecule has 0 fully saturated rings. The largest absolute Gasteiger partial charge is 0.495 e. The first kappa shape index (κ1) is 42.9. The number of halogens is 4. The number of unbranched alkanes of at least 4 members (excludes halogenated alkanes) is 5. The lowest BCUT2D eigenvalue weighted by molar-refractivity contribution is -0.136. The summed E-state index contributed by atoms with van der Waals surface area (Å²) in [6.07, 6.45) is 7.63. The standard InChI is InChI=1S/C12H13NO4.C11H22O4S.C6HCl4NO2/c1-8-3-4-10(17-2)9(7-8)13-11(14)5-6-12(15)16;1-2-3-4-5-6-7-9-16(14,15)10-8-11(12)13;7-1-2(8)4(6(12)13)11-5(10)3(1)9/h3-7H,1-2H3,(H,13,14)(H,15,16);2-10H2,1H3,(H,12,13);(H,12,13)/b6-5-;;. The van der Waals surface area contributed by atoms with Crippen molar-refractivity contribution in [3.05, 3.63) is 61.8 Å². The number of hydrogen-bond acceptors (Lipinski definition) is 8. The number of carbonyl (C=O) groups excluding carboxylic acids is 1. The maximum atomic E-state index is 11.4. The molecule has 0 aliphatic heterocycles. The number of anilines is 1. The Hall–Kier alpha value is -3.10. The molecule has 256 valence electrons. The van der Waals surface area contributed by atoms with E-state index in [0.29, 0.717) is 17.9 Å². The molecule has 0 unspecified atom stereocenters. The van der Waals surface area contributed by atoms with Crippen molar-refractivity contribution in [1.82, 2.24) is 4.98 Å². The van der Waals surface area contributed by atoms with Crippen molar-refractivity contribution in [3.8, 4) is 5.75 Å². The smallest absolute Gasteiger partial charge is 0.356 e. The average Bonchev–Trinajstić information content (AvgIpc) is 2.98. The summed E-state index contributed by atoms with van der Waals surface area (Å²) in [4.78, 5) is 45.8. The van der Waals surface area contributed by atoms with Gasteiger partial charge in [-0.2, -0.15) is 0 Å². The minimum Gasteiger partial charge on any atom is -0.495 e.